The van der Waals surface area contributed by atoms with E-state index in [2.05, 4.69) is 24.1 Å². The first-order valence-electron chi connectivity index (χ1n) is 14.7. The number of amides is 3. The fourth-order valence-corrected chi connectivity index (χ4v) is 5.45. The van der Waals surface area contributed by atoms with E-state index in [1.54, 1.807) is 37.3 Å². The molecule has 1 saturated carbocycles. The van der Waals surface area contributed by atoms with E-state index >= 15 is 0 Å². The molecule has 1 N–H and O–H groups in total. The topological polar surface area (TPSA) is 83.6 Å². The van der Waals surface area contributed by atoms with Crippen LogP contribution < -0.4 is 19.7 Å². The van der Waals surface area contributed by atoms with Gasteiger partial charge in [0.05, 0.1) is 13.7 Å². The van der Waals surface area contributed by atoms with Gasteiger partial charge in [0.25, 0.3) is 5.91 Å². The van der Waals surface area contributed by atoms with Gasteiger partial charge in [0.1, 0.15) is 0 Å². The summed E-state index contributed by atoms with van der Waals surface area (Å²) in [5.41, 5.74) is 1.46. The number of nitrogens with one attached hydrogen (secondary N) is 1. The first-order chi connectivity index (χ1) is 19.8. The number of para-hydroxylation sites is 1. The summed E-state index contributed by atoms with van der Waals surface area (Å²) in [5, 5.41) is 3.53. The molecule has 2 aliphatic rings. The maximum Gasteiger partial charge on any atom is 0.324 e. The second kappa shape index (κ2) is 14.5. The van der Waals surface area contributed by atoms with Crippen molar-refractivity contribution in [3.05, 3.63) is 54.1 Å². The molecule has 1 aliphatic heterocycles. The van der Waals surface area contributed by atoms with Crippen molar-refractivity contribution >= 4 is 17.6 Å². The molecule has 41 heavy (non-hydrogen) atoms. The van der Waals surface area contributed by atoms with Gasteiger partial charge >= 0.3 is 6.03 Å². The van der Waals surface area contributed by atoms with Crippen LogP contribution in [0, 0.1) is 11.8 Å². The monoisotopic (exact) mass is 566 g/mol. The third-order valence-electron chi connectivity index (χ3n) is 8.05. The molecule has 1 heterocycles. The predicted molar refractivity (Wildman–Crippen MR) is 161 cm³/mol. The highest BCUT2D eigenvalue weighted by molar-refractivity contribution is 5.95. The van der Waals surface area contributed by atoms with Gasteiger partial charge in [-0.3, -0.25) is 9.69 Å². The predicted octanol–water partition coefficient (Wildman–Crippen LogP) is 4.52. The number of rotatable bonds is 14. The SMILES string of the molecule is COCCCOc1cc(C(=O)N(C[C@@H]2CNC[C@@H]2CN(C(=O)N(C)c2ccccc2)C2CC2)C(C)C)ccc1OC. The number of carbonyl (C=O) groups excluding carboxylic acids is 2. The molecule has 2 aromatic rings. The summed E-state index contributed by atoms with van der Waals surface area (Å²) in [7, 11) is 5.11. The standard InChI is InChI=1S/C32H46N4O5/c1-23(2)35(31(37)24-12-15-29(40-5)30(18-24)41-17-9-16-39-4)21-25-19-33-20-26(25)22-36(28-13-14-28)32(38)34(3)27-10-7-6-8-11-27/h6-8,10-12,15,18,23,25-26,28,33H,9,13-14,16-17,19-22H2,1-5H3/t25-,26+/m0/s1. The van der Waals surface area contributed by atoms with Crippen LogP contribution in [0.15, 0.2) is 48.5 Å². The highest BCUT2D eigenvalue weighted by Crippen LogP contribution is 2.33. The number of nitrogens with zero attached hydrogens (tertiary/aromatic N) is 3. The summed E-state index contributed by atoms with van der Waals surface area (Å²) in [4.78, 5) is 33.1. The van der Waals surface area contributed by atoms with E-state index in [9.17, 15) is 9.59 Å². The van der Waals surface area contributed by atoms with Crippen molar-refractivity contribution in [3.8, 4) is 11.5 Å². The summed E-state index contributed by atoms with van der Waals surface area (Å²) in [6.07, 6.45) is 2.83. The van der Waals surface area contributed by atoms with Gasteiger partial charge in [-0.1, -0.05) is 18.2 Å². The first-order valence-corrected chi connectivity index (χ1v) is 14.7. The second-order valence-electron chi connectivity index (χ2n) is 11.4. The van der Waals surface area contributed by atoms with Gasteiger partial charge in [-0.25, -0.2) is 4.79 Å². The quantitative estimate of drug-likeness (QED) is 0.339. The number of urea groups is 1. The van der Waals surface area contributed by atoms with Crippen molar-refractivity contribution in [3.63, 3.8) is 0 Å². The van der Waals surface area contributed by atoms with Crippen LogP contribution in [0.4, 0.5) is 10.5 Å². The molecule has 0 radical (unpaired) electrons. The van der Waals surface area contributed by atoms with E-state index in [-0.39, 0.29) is 29.8 Å². The van der Waals surface area contributed by atoms with Gasteiger partial charge in [-0.05, 0) is 68.9 Å². The molecule has 2 atom stereocenters. The smallest absolute Gasteiger partial charge is 0.324 e. The van der Waals surface area contributed by atoms with E-state index in [0.717, 1.165) is 38.0 Å². The van der Waals surface area contributed by atoms with Crippen molar-refractivity contribution in [1.82, 2.24) is 15.1 Å². The van der Waals surface area contributed by atoms with Crippen LogP contribution in [0.25, 0.3) is 0 Å². The van der Waals surface area contributed by atoms with Crippen molar-refractivity contribution in [2.75, 3.05) is 65.6 Å². The number of anilines is 1. The largest absolute Gasteiger partial charge is 0.493 e. The fraction of sp³-hybridized carbons (Fsp3) is 0.562. The Kier molecular flexibility index (Phi) is 10.9. The molecule has 0 spiro atoms. The van der Waals surface area contributed by atoms with Crippen LogP contribution in [0.5, 0.6) is 11.5 Å². The minimum atomic E-state index is -0.0334. The molecule has 0 aromatic heterocycles. The Morgan fingerprint density at radius 2 is 1.66 bits per heavy atom. The minimum Gasteiger partial charge on any atom is -0.493 e. The van der Waals surface area contributed by atoms with Gasteiger partial charge < -0.3 is 29.3 Å². The number of benzene rings is 2. The lowest BCUT2D eigenvalue weighted by atomic mass is 9.94. The molecule has 224 valence electrons. The van der Waals surface area contributed by atoms with Crippen LogP contribution in [0.2, 0.25) is 0 Å². The highest BCUT2D eigenvalue weighted by atomic mass is 16.5. The van der Waals surface area contributed by atoms with Crippen LogP contribution in [-0.2, 0) is 4.74 Å². The normalized spacial score (nSPS) is 18.3. The lowest BCUT2D eigenvalue weighted by molar-refractivity contribution is 0.0653. The van der Waals surface area contributed by atoms with Crippen molar-refractivity contribution < 1.29 is 23.8 Å². The average molecular weight is 567 g/mol. The zero-order chi connectivity index (χ0) is 29.4. The Morgan fingerprint density at radius 1 is 0.951 bits per heavy atom. The molecular weight excluding hydrogens is 520 g/mol. The van der Waals surface area contributed by atoms with E-state index in [0.29, 0.717) is 49.4 Å². The molecule has 3 amide bonds. The molecule has 9 nitrogen and oxygen atoms in total. The summed E-state index contributed by atoms with van der Waals surface area (Å²) < 4.78 is 16.5. The van der Waals surface area contributed by atoms with Gasteiger partial charge in [0, 0.05) is 76.7 Å². The lowest BCUT2D eigenvalue weighted by Crippen LogP contribution is -2.47. The highest BCUT2D eigenvalue weighted by Gasteiger charge is 2.39. The van der Waals surface area contributed by atoms with Crippen molar-refractivity contribution in [1.29, 1.82) is 0 Å². The number of hydrogen-bond acceptors (Lipinski definition) is 6. The van der Waals surface area contributed by atoms with Gasteiger partial charge in [0.15, 0.2) is 11.5 Å². The molecule has 1 saturated heterocycles. The molecule has 0 unspecified atom stereocenters. The zero-order valence-electron chi connectivity index (χ0n) is 25.2. The number of hydrogen-bond donors (Lipinski definition) is 1. The number of ether oxygens (including phenoxy) is 3. The Morgan fingerprint density at radius 3 is 2.29 bits per heavy atom. The molecule has 2 fully saturated rings. The van der Waals surface area contributed by atoms with Crippen LogP contribution in [0.3, 0.4) is 0 Å². The Hall–Kier alpha value is -3.30. The maximum atomic E-state index is 13.8. The summed E-state index contributed by atoms with van der Waals surface area (Å²) >= 11 is 0. The van der Waals surface area contributed by atoms with Crippen LogP contribution >= 0.6 is 0 Å². The molecular formula is C32H46N4O5. The Labute approximate surface area is 244 Å². The molecule has 9 heteroatoms. The summed E-state index contributed by atoms with van der Waals surface area (Å²) in [6.45, 7) is 8.13. The van der Waals surface area contributed by atoms with E-state index in [1.807, 2.05) is 42.3 Å². The van der Waals surface area contributed by atoms with Gasteiger partial charge in [-0.15, -0.1) is 0 Å². The van der Waals surface area contributed by atoms with Crippen molar-refractivity contribution in [2.24, 2.45) is 11.8 Å². The lowest BCUT2D eigenvalue weighted by Gasteiger charge is -2.35. The molecule has 1 aliphatic carbocycles. The van der Waals surface area contributed by atoms with Crippen LogP contribution in [-0.4, -0.2) is 94.5 Å². The second-order valence-corrected chi connectivity index (χ2v) is 11.4. The molecule has 4 rings (SSSR count). The zero-order valence-corrected chi connectivity index (χ0v) is 25.2. The van der Waals surface area contributed by atoms with E-state index in [4.69, 9.17) is 14.2 Å². The number of carbonyl (C=O) groups is 2. The van der Waals surface area contributed by atoms with Crippen LogP contribution in [0.1, 0.15) is 43.5 Å². The third-order valence-corrected chi connectivity index (χ3v) is 8.05. The maximum absolute atomic E-state index is 13.8. The fourth-order valence-electron chi connectivity index (χ4n) is 5.45. The summed E-state index contributed by atoms with van der Waals surface area (Å²) in [5.74, 6) is 1.61. The molecule has 2 aromatic carbocycles. The van der Waals surface area contributed by atoms with Gasteiger partial charge in [-0.2, -0.15) is 0 Å². The number of methoxy groups -OCH3 is 2. The van der Waals surface area contributed by atoms with E-state index < -0.39 is 0 Å². The molecule has 0 bridgehead atoms. The first kappa shape index (κ1) is 30.7. The Bertz CT molecular complexity index is 1140. The van der Waals surface area contributed by atoms with E-state index in [1.165, 1.54) is 0 Å². The average Bonchev–Trinajstić information content (AvgIpc) is 3.74. The van der Waals surface area contributed by atoms with Crippen molar-refractivity contribution in [2.45, 2.75) is 45.2 Å². The Balaban J connectivity index is 1.45. The third kappa shape index (κ3) is 7.92. The summed E-state index contributed by atoms with van der Waals surface area (Å²) in [6, 6.07) is 15.5. The minimum absolute atomic E-state index is 0.0160. The van der Waals surface area contributed by atoms with Gasteiger partial charge in [0.2, 0.25) is 0 Å².